The van der Waals surface area contributed by atoms with Crippen LogP contribution in [0, 0.1) is 17.2 Å². The predicted octanol–water partition coefficient (Wildman–Crippen LogP) is 5.10. The molecule has 1 spiro atoms. The molecule has 224 valence electrons. The summed E-state index contributed by atoms with van der Waals surface area (Å²) in [5.74, 6) is -1.55. The van der Waals surface area contributed by atoms with Crippen molar-refractivity contribution >= 4 is 34.3 Å². The van der Waals surface area contributed by atoms with Gasteiger partial charge in [-0.1, -0.05) is 49.9 Å². The highest BCUT2D eigenvalue weighted by Gasteiger charge is 2.56. The molecule has 1 saturated heterocycles. The fourth-order valence-electron chi connectivity index (χ4n) is 6.95. The maximum absolute atomic E-state index is 14.3. The van der Waals surface area contributed by atoms with Crippen LogP contribution in [-0.2, 0) is 15.0 Å². The molecule has 1 aromatic heterocycles. The van der Waals surface area contributed by atoms with Crippen molar-refractivity contribution < 1.29 is 32.3 Å². The van der Waals surface area contributed by atoms with Gasteiger partial charge in [-0.25, -0.2) is 0 Å². The third kappa shape index (κ3) is 5.07. The quantitative estimate of drug-likeness (QED) is 0.412. The summed E-state index contributed by atoms with van der Waals surface area (Å²) < 4.78 is 43.1. The predicted molar refractivity (Wildman–Crippen MR) is 150 cm³/mol. The molecule has 2 aromatic carbocycles. The van der Waals surface area contributed by atoms with Gasteiger partial charge in [-0.3, -0.25) is 14.4 Å². The molecule has 6 rings (SSSR count). The number of nitrogens with one attached hydrogen (secondary N) is 2. The number of likely N-dealkylation sites (tertiary alicyclic amines) is 1. The molecule has 1 aliphatic carbocycles. The zero-order chi connectivity index (χ0) is 30.5. The van der Waals surface area contributed by atoms with Crippen LogP contribution >= 0.6 is 0 Å². The van der Waals surface area contributed by atoms with Crippen LogP contribution < -0.4 is 10.1 Å². The van der Waals surface area contributed by atoms with E-state index in [1.165, 1.54) is 35.0 Å². The topological polar surface area (TPSA) is 119 Å². The van der Waals surface area contributed by atoms with Crippen molar-refractivity contribution in [2.24, 2.45) is 5.92 Å². The minimum Gasteiger partial charge on any atom is -0.405 e. The number of fused-ring (bicyclic) bond motifs is 3. The number of hydrogen-bond acceptors (Lipinski definition) is 5. The number of hydrogen-bond donors (Lipinski definition) is 2. The number of benzene rings is 2. The molecule has 3 heterocycles. The van der Waals surface area contributed by atoms with Gasteiger partial charge < -0.3 is 24.8 Å². The van der Waals surface area contributed by atoms with Crippen molar-refractivity contribution in [3.05, 3.63) is 59.8 Å². The van der Waals surface area contributed by atoms with E-state index in [0.717, 1.165) is 37.3 Å². The van der Waals surface area contributed by atoms with Crippen LogP contribution in [0.1, 0.15) is 54.6 Å². The SMILES string of the molecule is CN(C(=O)c1cc2c(OC(F)(F)F)cccc2[nH]1)C(CC1CCCC1)C(=O)N1C[C@]2(C[C@H]1C#N)C(=O)Nc1ccccc12. The number of H-pyrrole nitrogens is 1. The van der Waals surface area contributed by atoms with Gasteiger partial charge in [0.15, 0.2) is 0 Å². The number of alkyl halides is 3. The Morgan fingerprint density at radius 3 is 2.65 bits per heavy atom. The molecule has 1 unspecified atom stereocenters. The van der Waals surface area contributed by atoms with Gasteiger partial charge in [-0.15, -0.1) is 13.2 Å². The van der Waals surface area contributed by atoms with Gasteiger partial charge in [-0.2, -0.15) is 5.26 Å². The summed E-state index contributed by atoms with van der Waals surface area (Å²) in [5.41, 5.74) is 0.593. The lowest BCUT2D eigenvalue weighted by Crippen LogP contribution is -2.52. The highest BCUT2D eigenvalue weighted by molar-refractivity contribution is 6.07. The lowest BCUT2D eigenvalue weighted by molar-refractivity contribution is -0.274. The summed E-state index contributed by atoms with van der Waals surface area (Å²) in [7, 11) is 1.49. The molecule has 2 aliphatic heterocycles. The van der Waals surface area contributed by atoms with E-state index in [9.17, 15) is 32.8 Å². The van der Waals surface area contributed by atoms with E-state index >= 15 is 0 Å². The number of carbonyl (C=O) groups excluding carboxylic acids is 3. The first-order valence-electron chi connectivity index (χ1n) is 14.3. The van der Waals surface area contributed by atoms with Gasteiger partial charge in [0.05, 0.1) is 11.5 Å². The second-order valence-electron chi connectivity index (χ2n) is 11.7. The number of ether oxygens (including phenoxy) is 1. The van der Waals surface area contributed by atoms with Crippen LogP contribution in [0.3, 0.4) is 0 Å². The number of aromatic nitrogens is 1. The summed E-state index contributed by atoms with van der Waals surface area (Å²) in [6.45, 7) is 0.000628. The van der Waals surface area contributed by atoms with Gasteiger partial charge in [0, 0.05) is 36.6 Å². The fourth-order valence-corrected chi connectivity index (χ4v) is 6.95. The standard InChI is InChI=1S/C31H30F3N5O4/c1-38(27(40)24-14-20-22(36-24)11-6-12-26(20)43-31(32,33)34)25(13-18-7-2-3-8-18)28(41)39-17-30(15-19(39)16-35)21-9-4-5-10-23(21)37-29(30)42/h4-6,9-12,14,18-19,25,36H,2-3,7-8,13,15,17H2,1H3,(H,37,42)/t19-,25?,30-/m0/s1. The fraction of sp³-hybridized carbons (Fsp3) is 0.419. The number of anilines is 1. The number of likely N-dealkylation sites (N-methyl/N-ethyl adjacent to an activating group) is 1. The molecule has 3 aromatic rings. The van der Waals surface area contributed by atoms with Gasteiger partial charge in [0.25, 0.3) is 5.91 Å². The van der Waals surface area contributed by atoms with Crippen LogP contribution in [0.15, 0.2) is 48.5 Å². The third-order valence-corrected chi connectivity index (χ3v) is 9.10. The average Bonchev–Trinajstić information content (AvgIpc) is 3.77. The summed E-state index contributed by atoms with van der Waals surface area (Å²) in [6.07, 6.45) is -0.582. The molecular weight excluding hydrogens is 563 g/mol. The lowest BCUT2D eigenvalue weighted by atomic mass is 9.80. The number of aromatic amines is 1. The summed E-state index contributed by atoms with van der Waals surface area (Å²) in [6, 6.07) is 13.0. The van der Waals surface area contributed by atoms with Crippen LogP contribution in [-0.4, -0.2) is 64.5 Å². The van der Waals surface area contributed by atoms with Crippen molar-refractivity contribution in [3.8, 4) is 11.8 Å². The molecule has 3 amide bonds. The number of rotatable bonds is 6. The minimum atomic E-state index is -4.91. The Morgan fingerprint density at radius 2 is 1.93 bits per heavy atom. The second kappa shape index (κ2) is 10.6. The van der Waals surface area contributed by atoms with E-state index in [1.54, 1.807) is 12.1 Å². The molecule has 2 N–H and O–H groups in total. The Labute approximate surface area is 245 Å². The largest absolute Gasteiger partial charge is 0.573 e. The minimum absolute atomic E-state index is 0.000628. The zero-order valence-electron chi connectivity index (χ0n) is 23.4. The zero-order valence-corrected chi connectivity index (χ0v) is 23.4. The van der Waals surface area contributed by atoms with Crippen LogP contribution in [0.2, 0.25) is 0 Å². The summed E-state index contributed by atoms with van der Waals surface area (Å²) in [5, 5.41) is 13.0. The number of nitriles is 1. The molecule has 0 bridgehead atoms. The first kappa shape index (κ1) is 28.6. The second-order valence-corrected chi connectivity index (χ2v) is 11.7. The first-order chi connectivity index (χ1) is 20.5. The number of amides is 3. The van der Waals surface area contributed by atoms with Crippen molar-refractivity contribution in [1.29, 1.82) is 5.26 Å². The van der Waals surface area contributed by atoms with Gasteiger partial charge >= 0.3 is 6.36 Å². The Morgan fingerprint density at radius 1 is 1.19 bits per heavy atom. The highest BCUT2D eigenvalue weighted by atomic mass is 19.4. The molecule has 9 nitrogen and oxygen atoms in total. The van der Waals surface area contributed by atoms with Crippen LogP contribution in [0.4, 0.5) is 18.9 Å². The van der Waals surface area contributed by atoms with Gasteiger partial charge in [0.1, 0.15) is 23.5 Å². The summed E-state index contributed by atoms with van der Waals surface area (Å²) in [4.78, 5) is 47.0. The number of nitrogens with zero attached hydrogens (tertiary/aromatic N) is 3. The van der Waals surface area contributed by atoms with Crippen LogP contribution in [0.5, 0.6) is 5.75 Å². The number of para-hydroxylation sites is 1. The summed E-state index contributed by atoms with van der Waals surface area (Å²) >= 11 is 0. The Kier molecular flexibility index (Phi) is 7.07. The molecule has 0 radical (unpaired) electrons. The van der Waals surface area contributed by atoms with Crippen molar-refractivity contribution in [1.82, 2.24) is 14.8 Å². The van der Waals surface area contributed by atoms with Crippen LogP contribution in [0.25, 0.3) is 10.9 Å². The van der Waals surface area contributed by atoms with E-state index in [1.807, 2.05) is 12.1 Å². The number of carbonyl (C=O) groups is 3. The molecule has 43 heavy (non-hydrogen) atoms. The van der Waals surface area contributed by atoms with Crippen molar-refractivity contribution in [2.75, 3.05) is 18.9 Å². The van der Waals surface area contributed by atoms with E-state index in [2.05, 4.69) is 21.1 Å². The lowest BCUT2D eigenvalue weighted by Gasteiger charge is -2.33. The normalized spacial score (nSPS) is 22.4. The van der Waals surface area contributed by atoms with E-state index in [4.69, 9.17) is 0 Å². The van der Waals surface area contributed by atoms with E-state index in [-0.39, 0.29) is 41.4 Å². The third-order valence-electron chi connectivity index (χ3n) is 9.10. The Balaban J connectivity index is 1.31. The maximum atomic E-state index is 14.3. The maximum Gasteiger partial charge on any atom is 0.573 e. The monoisotopic (exact) mass is 593 g/mol. The molecule has 12 heteroatoms. The smallest absolute Gasteiger partial charge is 0.405 e. The molecule has 3 atom stereocenters. The molecule has 1 saturated carbocycles. The molecule has 2 fully saturated rings. The Bertz CT molecular complexity index is 1640. The van der Waals surface area contributed by atoms with Crippen molar-refractivity contribution in [2.45, 2.75) is 62.4 Å². The molecular formula is C31H30F3N5O4. The van der Waals surface area contributed by atoms with Crippen molar-refractivity contribution in [3.63, 3.8) is 0 Å². The van der Waals surface area contributed by atoms with Gasteiger partial charge in [-0.05, 0) is 42.2 Å². The first-order valence-corrected chi connectivity index (χ1v) is 14.3. The van der Waals surface area contributed by atoms with Gasteiger partial charge in [0.2, 0.25) is 11.8 Å². The Hall–Kier alpha value is -4.53. The molecule has 3 aliphatic rings. The van der Waals surface area contributed by atoms with E-state index in [0.29, 0.717) is 12.1 Å². The van der Waals surface area contributed by atoms with E-state index < -0.39 is 41.4 Å². The highest BCUT2D eigenvalue weighted by Crippen LogP contribution is 2.46. The average molecular weight is 594 g/mol. The number of halogens is 3.